The van der Waals surface area contributed by atoms with Gasteiger partial charge in [-0.2, -0.15) is 0 Å². The van der Waals surface area contributed by atoms with Crippen molar-refractivity contribution in [2.24, 2.45) is 0 Å². The van der Waals surface area contributed by atoms with Crippen LogP contribution in [0, 0.1) is 10.1 Å². The minimum absolute atomic E-state index is 0.265. The van der Waals surface area contributed by atoms with E-state index in [4.69, 9.17) is 4.74 Å². The number of nitrogens with zero attached hydrogens (tertiary/aromatic N) is 2. The summed E-state index contributed by atoms with van der Waals surface area (Å²) in [6.07, 6.45) is 3.79. The van der Waals surface area contributed by atoms with E-state index in [0.29, 0.717) is 27.0 Å². The monoisotopic (exact) mass is 396 g/mol. The molecular formula is C19H16N4O4S. The number of rotatable bonds is 7. The second kappa shape index (κ2) is 8.78. The molecule has 0 fully saturated rings. The smallest absolute Gasteiger partial charge is 0.267 e. The van der Waals surface area contributed by atoms with Gasteiger partial charge in [0.2, 0.25) is 6.20 Å². The summed E-state index contributed by atoms with van der Waals surface area (Å²) in [5.41, 5.74) is 2.10. The highest BCUT2D eigenvalue weighted by Gasteiger charge is 2.11. The Kier molecular flexibility index (Phi) is 5.97. The van der Waals surface area contributed by atoms with Crippen LogP contribution in [0.2, 0.25) is 0 Å². The maximum Gasteiger partial charge on any atom is 0.267 e. The van der Waals surface area contributed by atoms with Gasteiger partial charge in [0.25, 0.3) is 5.91 Å². The van der Waals surface area contributed by atoms with Gasteiger partial charge < -0.3 is 15.4 Å². The lowest BCUT2D eigenvalue weighted by atomic mass is 10.2. The Bertz CT molecular complexity index is 1010. The third-order valence-corrected chi connectivity index (χ3v) is 4.52. The molecule has 2 N–H and O–H groups in total. The highest BCUT2D eigenvalue weighted by molar-refractivity contribution is 7.17. The molecule has 142 valence electrons. The summed E-state index contributed by atoms with van der Waals surface area (Å²) in [5.74, 6) is 0.389. The van der Waals surface area contributed by atoms with Crippen molar-refractivity contribution in [2.45, 2.75) is 0 Å². The minimum atomic E-state index is -0.514. The molecule has 28 heavy (non-hydrogen) atoms. The van der Waals surface area contributed by atoms with E-state index in [1.54, 1.807) is 55.6 Å². The molecule has 0 saturated heterocycles. The first-order chi connectivity index (χ1) is 13.5. The fraction of sp³-hybridized carbons (Fsp3) is 0.0526. The van der Waals surface area contributed by atoms with Crippen molar-refractivity contribution in [1.29, 1.82) is 0 Å². The van der Waals surface area contributed by atoms with Crippen LogP contribution >= 0.6 is 11.3 Å². The van der Waals surface area contributed by atoms with Gasteiger partial charge in [0, 0.05) is 23.5 Å². The van der Waals surface area contributed by atoms with Crippen LogP contribution in [0.15, 0.2) is 60.9 Å². The lowest BCUT2D eigenvalue weighted by molar-refractivity contribution is -0.400. The summed E-state index contributed by atoms with van der Waals surface area (Å²) >= 11 is 1.21. The number of ether oxygens (including phenoxy) is 1. The lowest BCUT2D eigenvalue weighted by Crippen LogP contribution is -2.10. The number of carbonyl (C=O) groups excluding carboxylic acids is 1. The maximum absolute atomic E-state index is 12.4. The second-order valence-electron chi connectivity index (χ2n) is 5.56. The normalized spacial score (nSPS) is 10.6. The van der Waals surface area contributed by atoms with Gasteiger partial charge in [0.1, 0.15) is 10.6 Å². The number of hydrogen-bond donors (Lipinski definition) is 2. The van der Waals surface area contributed by atoms with Crippen molar-refractivity contribution < 1.29 is 14.5 Å². The number of anilines is 3. The molecule has 0 radical (unpaired) electrons. The zero-order chi connectivity index (χ0) is 19.9. The molecule has 0 aliphatic heterocycles. The van der Waals surface area contributed by atoms with E-state index in [0.717, 1.165) is 11.9 Å². The number of methoxy groups -OCH3 is 1. The van der Waals surface area contributed by atoms with E-state index in [1.165, 1.54) is 23.6 Å². The number of benzene rings is 2. The van der Waals surface area contributed by atoms with Crippen molar-refractivity contribution in [3.05, 3.63) is 81.5 Å². The first-order valence-corrected chi connectivity index (χ1v) is 8.95. The Labute approximate surface area is 164 Å². The van der Waals surface area contributed by atoms with Crippen LogP contribution in [0.1, 0.15) is 15.2 Å². The van der Waals surface area contributed by atoms with E-state index in [2.05, 4.69) is 15.6 Å². The summed E-state index contributed by atoms with van der Waals surface area (Å²) in [4.78, 5) is 26.9. The van der Waals surface area contributed by atoms with Crippen LogP contribution in [0.5, 0.6) is 5.75 Å². The Morgan fingerprint density at radius 2 is 2.00 bits per heavy atom. The van der Waals surface area contributed by atoms with Gasteiger partial charge in [-0.05, 0) is 29.8 Å². The maximum atomic E-state index is 12.4. The molecule has 0 saturated carbocycles. The molecule has 2 aromatic carbocycles. The molecule has 1 aromatic heterocycles. The molecule has 9 heteroatoms. The van der Waals surface area contributed by atoms with Crippen LogP contribution in [-0.2, 0) is 0 Å². The third-order valence-electron chi connectivity index (χ3n) is 3.61. The van der Waals surface area contributed by atoms with Gasteiger partial charge in [-0.15, -0.1) is 0 Å². The summed E-state index contributed by atoms with van der Waals surface area (Å²) in [6, 6.07) is 14.1. The Balaban J connectivity index is 1.63. The van der Waals surface area contributed by atoms with Crippen molar-refractivity contribution in [3.63, 3.8) is 0 Å². The van der Waals surface area contributed by atoms with Gasteiger partial charge in [-0.25, -0.2) is 4.98 Å². The topological polar surface area (TPSA) is 106 Å². The number of amides is 1. The van der Waals surface area contributed by atoms with Crippen LogP contribution in [0.25, 0.3) is 6.08 Å². The standard InChI is InChI=1S/C19H16N4O4S/c1-27-16-4-2-3-15(11-16)21-18(24)17-12-20-19(28-17)22-14-7-5-13(6-8-14)9-10-23(25)26/h2-12H,1H3,(H,20,22)(H,21,24)/b10-9-. The molecule has 8 nitrogen and oxygen atoms in total. The predicted molar refractivity (Wildman–Crippen MR) is 109 cm³/mol. The summed E-state index contributed by atoms with van der Waals surface area (Å²) < 4.78 is 5.14. The first-order valence-electron chi connectivity index (χ1n) is 8.13. The van der Waals surface area contributed by atoms with E-state index in [-0.39, 0.29) is 5.91 Å². The number of nitrogens with one attached hydrogen (secondary N) is 2. The number of hydrogen-bond acceptors (Lipinski definition) is 7. The number of aromatic nitrogens is 1. The summed E-state index contributed by atoms with van der Waals surface area (Å²) in [7, 11) is 1.56. The van der Waals surface area contributed by atoms with E-state index in [1.807, 2.05) is 0 Å². The Hall–Kier alpha value is -3.72. The Morgan fingerprint density at radius 1 is 1.21 bits per heavy atom. The van der Waals surface area contributed by atoms with Crippen LogP contribution in [0.3, 0.4) is 0 Å². The molecular weight excluding hydrogens is 380 g/mol. The Morgan fingerprint density at radius 3 is 2.71 bits per heavy atom. The van der Waals surface area contributed by atoms with Crippen LogP contribution in [-0.4, -0.2) is 22.9 Å². The van der Waals surface area contributed by atoms with Gasteiger partial charge >= 0.3 is 0 Å². The fourth-order valence-electron chi connectivity index (χ4n) is 2.28. The van der Waals surface area contributed by atoms with Gasteiger partial charge in [0.05, 0.1) is 18.2 Å². The zero-order valence-electron chi connectivity index (χ0n) is 14.8. The molecule has 0 spiro atoms. The molecule has 0 atom stereocenters. The van der Waals surface area contributed by atoms with E-state index >= 15 is 0 Å². The molecule has 3 aromatic rings. The average Bonchev–Trinajstić information content (AvgIpc) is 3.16. The minimum Gasteiger partial charge on any atom is -0.497 e. The molecule has 0 unspecified atom stereocenters. The number of nitro groups is 1. The van der Waals surface area contributed by atoms with Crippen LogP contribution < -0.4 is 15.4 Å². The SMILES string of the molecule is COc1cccc(NC(=O)c2cnc(Nc3ccc(/C=C\[N+](=O)[O-])cc3)s2)c1. The first kappa shape index (κ1) is 19.1. The van der Waals surface area contributed by atoms with E-state index in [9.17, 15) is 14.9 Å². The van der Waals surface area contributed by atoms with Gasteiger partial charge in [0.15, 0.2) is 5.13 Å². The highest BCUT2D eigenvalue weighted by atomic mass is 32.1. The highest BCUT2D eigenvalue weighted by Crippen LogP contribution is 2.24. The average molecular weight is 396 g/mol. The lowest BCUT2D eigenvalue weighted by Gasteiger charge is -2.05. The quantitative estimate of drug-likeness (QED) is 0.453. The van der Waals surface area contributed by atoms with Gasteiger partial charge in [-0.3, -0.25) is 14.9 Å². The van der Waals surface area contributed by atoms with Crippen molar-refractivity contribution in [2.75, 3.05) is 17.7 Å². The van der Waals surface area contributed by atoms with Crippen molar-refractivity contribution >= 4 is 39.8 Å². The molecule has 0 aliphatic rings. The summed E-state index contributed by atoms with van der Waals surface area (Å²) in [5, 5.41) is 16.8. The third kappa shape index (κ3) is 5.15. The zero-order valence-corrected chi connectivity index (χ0v) is 15.6. The van der Waals surface area contributed by atoms with Gasteiger partial charge in [-0.1, -0.05) is 29.5 Å². The fourth-order valence-corrected chi connectivity index (χ4v) is 3.01. The second-order valence-corrected chi connectivity index (χ2v) is 6.59. The van der Waals surface area contributed by atoms with Crippen LogP contribution in [0.4, 0.5) is 16.5 Å². The largest absolute Gasteiger partial charge is 0.497 e. The molecule has 1 amide bonds. The summed E-state index contributed by atoms with van der Waals surface area (Å²) in [6.45, 7) is 0. The van der Waals surface area contributed by atoms with Crippen molar-refractivity contribution in [1.82, 2.24) is 4.98 Å². The molecule has 0 bridgehead atoms. The number of carbonyl (C=O) groups is 1. The predicted octanol–water partition coefficient (Wildman–Crippen LogP) is 4.40. The molecule has 1 heterocycles. The number of thiazole rings is 1. The molecule has 0 aliphatic carbocycles. The van der Waals surface area contributed by atoms with Crippen molar-refractivity contribution in [3.8, 4) is 5.75 Å². The molecule has 3 rings (SSSR count). The van der Waals surface area contributed by atoms with E-state index < -0.39 is 4.92 Å².